The smallest absolute Gasteiger partial charge is 0.267 e. The number of benzene rings is 1. The number of hydrogen-bond donors (Lipinski definition) is 2. The van der Waals surface area contributed by atoms with Crippen molar-refractivity contribution in [3.8, 4) is 5.75 Å². The van der Waals surface area contributed by atoms with Crippen molar-refractivity contribution < 1.29 is 13.2 Å². The fourth-order valence-corrected chi connectivity index (χ4v) is 2.99. The van der Waals surface area contributed by atoms with Gasteiger partial charge in [-0.25, -0.2) is 8.42 Å². The van der Waals surface area contributed by atoms with Gasteiger partial charge in [0.25, 0.3) is 10.0 Å². The molecule has 7 nitrogen and oxygen atoms in total. The van der Waals surface area contributed by atoms with E-state index in [1.54, 1.807) is 24.3 Å². The van der Waals surface area contributed by atoms with Gasteiger partial charge in [-0.15, -0.1) is 0 Å². The van der Waals surface area contributed by atoms with E-state index in [4.69, 9.17) is 10.5 Å². The van der Waals surface area contributed by atoms with Gasteiger partial charge in [0.2, 0.25) is 0 Å². The Labute approximate surface area is 123 Å². The van der Waals surface area contributed by atoms with E-state index in [9.17, 15) is 8.42 Å². The molecule has 0 saturated heterocycles. The number of anilines is 2. The lowest BCUT2D eigenvalue weighted by atomic mass is 10.3. The number of nitrogens with one attached hydrogen (secondary N) is 1. The third-order valence-corrected chi connectivity index (χ3v) is 4.22. The molecule has 3 N–H and O–H groups in total. The van der Waals surface area contributed by atoms with Crippen molar-refractivity contribution in [3.63, 3.8) is 0 Å². The maximum absolute atomic E-state index is 12.4. The quantitative estimate of drug-likeness (QED) is 0.845. The zero-order valence-corrected chi connectivity index (χ0v) is 12.7. The van der Waals surface area contributed by atoms with E-state index < -0.39 is 10.0 Å². The van der Waals surface area contributed by atoms with Crippen LogP contribution in [0.2, 0.25) is 0 Å². The van der Waals surface area contributed by atoms with Crippen molar-refractivity contribution in [3.05, 3.63) is 30.5 Å². The van der Waals surface area contributed by atoms with E-state index in [2.05, 4.69) is 9.82 Å². The molecule has 0 amide bonds. The molecule has 2 aromatic rings. The van der Waals surface area contributed by atoms with Crippen LogP contribution >= 0.6 is 0 Å². The molecule has 0 unspecified atom stereocenters. The molecule has 0 fully saturated rings. The Morgan fingerprint density at radius 3 is 2.86 bits per heavy atom. The van der Waals surface area contributed by atoms with Gasteiger partial charge in [0.1, 0.15) is 10.6 Å². The molecule has 0 atom stereocenters. The van der Waals surface area contributed by atoms with Gasteiger partial charge in [-0.1, -0.05) is 13.0 Å². The molecule has 0 aliphatic carbocycles. The fourth-order valence-electron chi connectivity index (χ4n) is 1.87. The normalized spacial score (nSPS) is 11.3. The van der Waals surface area contributed by atoms with Crippen molar-refractivity contribution in [2.75, 3.05) is 17.6 Å². The van der Waals surface area contributed by atoms with Crippen LogP contribution in [0.15, 0.2) is 35.4 Å². The van der Waals surface area contributed by atoms with Crippen LogP contribution in [0, 0.1) is 0 Å². The molecule has 2 rings (SSSR count). The minimum Gasteiger partial charge on any atom is -0.497 e. The summed E-state index contributed by atoms with van der Waals surface area (Å²) in [6.07, 6.45) is 2.27. The van der Waals surface area contributed by atoms with Crippen molar-refractivity contribution in [1.29, 1.82) is 0 Å². The number of hydrogen-bond acceptors (Lipinski definition) is 5. The Morgan fingerprint density at radius 2 is 2.19 bits per heavy atom. The highest BCUT2D eigenvalue weighted by Crippen LogP contribution is 2.23. The van der Waals surface area contributed by atoms with Crippen LogP contribution in [0.3, 0.4) is 0 Å². The SMILES string of the molecule is CCCn1cc(S(=O)(=O)Nc2cccc(OC)c2)c(N)n1. The molecule has 0 radical (unpaired) electrons. The number of ether oxygens (including phenoxy) is 1. The molecule has 0 aliphatic heterocycles. The highest BCUT2D eigenvalue weighted by Gasteiger charge is 2.21. The van der Waals surface area contributed by atoms with Crippen LogP contribution < -0.4 is 15.2 Å². The van der Waals surface area contributed by atoms with Gasteiger partial charge >= 0.3 is 0 Å². The van der Waals surface area contributed by atoms with Crippen molar-refractivity contribution in [2.45, 2.75) is 24.8 Å². The molecule has 0 spiro atoms. The monoisotopic (exact) mass is 310 g/mol. The lowest BCUT2D eigenvalue weighted by Gasteiger charge is -2.08. The summed E-state index contributed by atoms with van der Waals surface area (Å²) in [5, 5.41) is 3.99. The van der Waals surface area contributed by atoms with Crippen LogP contribution in [0.4, 0.5) is 11.5 Å². The standard InChI is InChI=1S/C13H18N4O3S/c1-3-7-17-9-12(13(14)15-17)21(18,19)16-10-5-4-6-11(8-10)20-2/h4-6,8-9,16H,3,7H2,1-2H3,(H2,14,15). The van der Waals surface area contributed by atoms with Gasteiger partial charge in [0, 0.05) is 18.8 Å². The van der Waals surface area contributed by atoms with Crippen LogP contribution in [-0.2, 0) is 16.6 Å². The van der Waals surface area contributed by atoms with Gasteiger partial charge in [-0.3, -0.25) is 9.40 Å². The number of sulfonamides is 1. The predicted octanol–water partition coefficient (Wildman–Crippen LogP) is 1.68. The van der Waals surface area contributed by atoms with E-state index in [1.807, 2.05) is 6.92 Å². The molecule has 114 valence electrons. The van der Waals surface area contributed by atoms with Crippen LogP contribution in [0.1, 0.15) is 13.3 Å². The second kappa shape index (κ2) is 6.04. The molecule has 21 heavy (non-hydrogen) atoms. The zero-order chi connectivity index (χ0) is 15.5. The molecule has 1 aromatic carbocycles. The second-order valence-corrected chi connectivity index (χ2v) is 6.13. The third-order valence-electron chi connectivity index (χ3n) is 2.82. The first-order valence-electron chi connectivity index (χ1n) is 6.46. The second-order valence-electron chi connectivity index (χ2n) is 4.48. The molecule has 0 aliphatic rings. The molecule has 8 heteroatoms. The summed E-state index contributed by atoms with van der Waals surface area (Å²) in [5.74, 6) is 0.545. The number of aromatic nitrogens is 2. The lowest BCUT2D eigenvalue weighted by Crippen LogP contribution is -2.13. The Morgan fingerprint density at radius 1 is 1.43 bits per heavy atom. The third kappa shape index (κ3) is 3.46. The van der Waals surface area contributed by atoms with Crippen LogP contribution in [-0.4, -0.2) is 25.3 Å². The van der Waals surface area contributed by atoms with Crippen LogP contribution in [0.5, 0.6) is 5.75 Å². The van der Waals surface area contributed by atoms with E-state index in [-0.39, 0.29) is 10.7 Å². The van der Waals surface area contributed by atoms with Gasteiger partial charge in [0.15, 0.2) is 5.82 Å². The average Bonchev–Trinajstić information content (AvgIpc) is 2.81. The topological polar surface area (TPSA) is 99.2 Å². The van der Waals surface area contributed by atoms with Crippen molar-refractivity contribution in [2.24, 2.45) is 0 Å². The number of nitrogens with zero attached hydrogens (tertiary/aromatic N) is 2. The van der Waals surface area contributed by atoms with Crippen molar-refractivity contribution >= 4 is 21.5 Å². The first-order valence-corrected chi connectivity index (χ1v) is 7.94. The summed E-state index contributed by atoms with van der Waals surface area (Å²) < 4.78 is 33.8. The molecule has 0 bridgehead atoms. The predicted molar refractivity (Wildman–Crippen MR) is 80.7 cm³/mol. The van der Waals surface area contributed by atoms with Gasteiger partial charge < -0.3 is 10.5 Å². The highest BCUT2D eigenvalue weighted by atomic mass is 32.2. The maximum Gasteiger partial charge on any atom is 0.267 e. The minimum atomic E-state index is -3.78. The Bertz CT molecular complexity index is 725. The highest BCUT2D eigenvalue weighted by molar-refractivity contribution is 7.92. The fraction of sp³-hybridized carbons (Fsp3) is 0.308. The minimum absolute atomic E-state index is 0.0150. The van der Waals surface area contributed by atoms with Gasteiger partial charge in [-0.05, 0) is 18.6 Å². The molecular formula is C13H18N4O3S. The summed E-state index contributed by atoms with van der Waals surface area (Å²) in [6, 6.07) is 6.64. The van der Waals surface area contributed by atoms with Crippen molar-refractivity contribution in [1.82, 2.24) is 9.78 Å². The van der Waals surface area contributed by atoms with E-state index in [1.165, 1.54) is 18.0 Å². The summed E-state index contributed by atoms with van der Waals surface area (Å²) in [4.78, 5) is -0.0289. The van der Waals surface area contributed by atoms with E-state index in [0.29, 0.717) is 18.0 Å². The Balaban J connectivity index is 2.29. The number of nitrogens with two attached hydrogens (primary N) is 1. The van der Waals surface area contributed by atoms with Crippen LogP contribution in [0.25, 0.3) is 0 Å². The van der Waals surface area contributed by atoms with E-state index in [0.717, 1.165) is 6.42 Å². The van der Waals surface area contributed by atoms with Gasteiger partial charge in [-0.2, -0.15) is 5.10 Å². The maximum atomic E-state index is 12.4. The Hall–Kier alpha value is -2.22. The first kappa shape index (κ1) is 15.2. The average molecular weight is 310 g/mol. The van der Waals surface area contributed by atoms with E-state index >= 15 is 0 Å². The first-order chi connectivity index (χ1) is 9.96. The molecule has 1 aromatic heterocycles. The summed E-state index contributed by atoms with van der Waals surface area (Å²) >= 11 is 0. The summed E-state index contributed by atoms with van der Waals surface area (Å²) in [6.45, 7) is 2.58. The number of methoxy groups -OCH3 is 1. The summed E-state index contributed by atoms with van der Waals surface area (Å²) in [5.41, 5.74) is 6.09. The zero-order valence-electron chi connectivity index (χ0n) is 11.9. The number of nitrogen functional groups attached to an aromatic ring is 1. The lowest BCUT2D eigenvalue weighted by molar-refractivity contribution is 0.415. The van der Waals surface area contributed by atoms with Gasteiger partial charge in [0.05, 0.1) is 12.8 Å². The number of rotatable bonds is 6. The molecular weight excluding hydrogens is 292 g/mol. The molecule has 1 heterocycles. The largest absolute Gasteiger partial charge is 0.497 e. The summed E-state index contributed by atoms with van der Waals surface area (Å²) in [7, 11) is -2.27. The molecule has 0 saturated carbocycles. The number of aryl methyl sites for hydroxylation is 1. The Kier molecular flexibility index (Phi) is 4.37.